The van der Waals surface area contributed by atoms with Gasteiger partial charge in [-0.05, 0) is 42.5 Å². The molecule has 2 heterocycles. The van der Waals surface area contributed by atoms with Crippen molar-refractivity contribution >= 4 is 59.0 Å². The summed E-state index contributed by atoms with van der Waals surface area (Å²) in [5, 5.41) is 12.5. The molecule has 0 bridgehead atoms. The molecule has 4 rings (SSSR count). The van der Waals surface area contributed by atoms with Crippen LogP contribution < -0.4 is 37.2 Å². The van der Waals surface area contributed by atoms with Crippen LogP contribution in [-0.4, -0.2) is 90.1 Å². The fourth-order valence-electron chi connectivity index (χ4n) is 5.84. The number of rotatable bonds is 18. The summed E-state index contributed by atoms with van der Waals surface area (Å²) >= 11 is 0. The summed E-state index contributed by atoms with van der Waals surface area (Å²) < 4.78 is 0. The van der Waals surface area contributed by atoms with Crippen molar-refractivity contribution in [3.8, 4) is 11.8 Å². The van der Waals surface area contributed by atoms with Gasteiger partial charge in [-0.1, -0.05) is 62.4 Å². The van der Waals surface area contributed by atoms with Gasteiger partial charge in [0.05, 0.1) is 25.3 Å². The summed E-state index contributed by atoms with van der Waals surface area (Å²) in [4.78, 5) is 120. The molecule has 302 valence electrons. The average Bonchev–Trinajstić information content (AvgIpc) is 3.50. The van der Waals surface area contributed by atoms with Gasteiger partial charge in [0, 0.05) is 43.4 Å². The minimum Gasteiger partial charge on any atom is -0.352 e. The lowest BCUT2D eigenvalue weighted by atomic mass is 9.97. The van der Waals surface area contributed by atoms with E-state index in [-0.39, 0.29) is 57.5 Å². The monoisotopic (exact) mass is 786 g/mol. The van der Waals surface area contributed by atoms with Gasteiger partial charge in [-0.3, -0.25) is 33.6 Å². The van der Waals surface area contributed by atoms with E-state index in [1.165, 1.54) is 0 Å². The molecule has 1 saturated heterocycles. The highest BCUT2D eigenvalue weighted by Crippen LogP contribution is 2.26. The van der Waals surface area contributed by atoms with Gasteiger partial charge in [-0.2, -0.15) is 0 Å². The summed E-state index contributed by atoms with van der Waals surface area (Å²) in [5.74, 6) is 0.144. The lowest BCUT2D eigenvalue weighted by Gasteiger charge is -2.26. The minimum absolute atomic E-state index is 0.0411. The summed E-state index contributed by atoms with van der Waals surface area (Å²) in [6.45, 7) is 2.70. The van der Waals surface area contributed by atoms with Gasteiger partial charge >= 0.3 is 12.0 Å². The maximum Gasteiger partial charge on any atom is 0.355 e. The Balaban J connectivity index is 1.26. The summed E-state index contributed by atoms with van der Waals surface area (Å²) in [6, 6.07) is 11.4. The van der Waals surface area contributed by atoms with Gasteiger partial charge < -0.3 is 42.1 Å². The van der Waals surface area contributed by atoms with Crippen LogP contribution in [0.3, 0.4) is 0 Å². The molecule has 0 aromatic heterocycles. The van der Waals surface area contributed by atoms with Crippen molar-refractivity contribution in [3.63, 3.8) is 0 Å². The number of amides is 9. The van der Waals surface area contributed by atoms with E-state index in [2.05, 4.69) is 38.4 Å². The van der Waals surface area contributed by atoms with Gasteiger partial charge in [0.25, 0.3) is 11.8 Å². The molecule has 2 aliphatic heterocycles. The quantitative estimate of drug-likeness (QED) is 0.0671. The zero-order chi connectivity index (χ0) is 41.5. The first-order valence-electron chi connectivity index (χ1n) is 18.5. The molecule has 1 fully saturated rings. The SMILES string of the molecule is CCC(C)[C@H](NC(=O)CNC(=O)CNC(=O)CCC(=O)N1Cc2ccccc2C#Cc2ccccc21)C(=O)N[C@@H](CCCNC(N)=O)C(=O)ON1C(=O)CCC1=O. The van der Waals surface area contributed by atoms with Crippen LogP contribution in [0, 0.1) is 17.8 Å². The summed E-state index contributed by atoms with van der Waals surface area (Å²) in [5.41, 5.74) is 8.04. The second-order valence-electron chi connectivity index (χ2n) is 13.4. The van der Waals surface area contributed by atoms with Crippen LogP contribution in [0.1, 0.15) is 75.5 Å². The van der Waals surface area contributed by atoms with E-state index in [9.17, 15) is 43.2 Å². The number of hydroxylamine groups is 2. The number of imide groups is 1. The number of carbonyl (C=O) groups is 9. The van der Waals surface area contributed by atoms with E-state index in [1.54, 1.807) is 30.9 Å². The number of nitrogens with zero attached hydrogens (tertiary/aromatic N) is 2. The second-order valence-corrected chi connectivity index (χ2v) is 13.4. The number of carbonyl (C=O) groups excluding carboxylic acids is 9. The van der Waals surface area contributed by atoms with Crippen molar-refractivity contribution in [3.05, 3.63) is 65.2 Å². The lowest BCUT2D eigenvalue weighted by molar-refractivity contribution is -0.199. The zero-order valence-electron chi connectivity index (χ0n) is 31.7. The second kappa shape index (κ2) is 20.8. The van der Waals surface area contributed by atoms with Gasteiger partial charge in [-0.25, -0.2) is 9.59 Å². The number of hydrogen-bond donors (Lipinski definition) is 6. The highest BCUT2D eigenvalue weighted by Gasteiger charge is 2.36. The number of hydrogen-bond acceptors (Lipinski definition) is 10. The molecule has 2 aliphatic rings. The Morgan fingerprint density at radius 2 is 1.44 bits per heavy atom. The molecular formula is C39H46N8O10. The summed E-state index contributed by atoms with van der Waals surface area (Å²) in [6.07, 6.45) is -0.158. The Morgan fingerprint density at radius 1 is 0.807 bits per heavy atom. The fourth-order valence-corrected chi connectivity index (χ4v) is 5.84. The third-order valence-corrected chi connectivity index (χ3v) is 9.20. The van der Waals surface area contributed by atoms with Crippen LogP contribution >= 0.6 is 0 Å². The molecule has 0 spiro atoms. The smallest absolute Gasteiger partial charge is 0.352 e. The van der Waals surface area contributed by atoms with Crippen molar-refractivity contribution in [2.45, 2.75) is 77.4 Å². The van der Waals surface area contributed by atoms with Crippen LogP contribution in [0.15, 0.2) is 48.5 Å². The molecule has 18 nitrogen and oxygen atoms in total. The molecule has 0 aliphatic carbocycles. The number of para-hydroxylation sites is 1. The predicted octanol–water partition coefficient (Wildman–Crippen LogP) is 0.0170. The highest BCUT2D eigenvalue weighted by molar-refractivity contribution is 6.02. The van der Waals surface area contributed by atoms with Gasteiger partial charge in [0.15, 0.2) is 0 Å². The van der Waals surface area contributed by atoms with Crippen molar-refractivity contribution in [1.29, 1.82) is 0 Å². The van der Waals surface area contributed by atoms with E-state index in [1.807, 2.05) is 36.4 Å². The van der Waals surface area contributed by atoms with Crippen molar-refractivity contribution in [1.82, 2.24) is 31.6 Å². The molecule has 2 aromatic carbocycles. The predicted molar refractivity (Wildman–Crippen MR) is 203 cm³/mol. The first kappa shape index (κ1) is 43.0. The van der Waals surface area contributed by atoms with Crippen molar-refractivity contribution < 1.29 is 48.0 Å². The van der Waals surface area contributed by atoms with E-state index in [0.29, 0.717) is 22.7 Å². The van der Waals surface area contributed by atoms with E-state index < -0.39 is 78.5 Å². The first-order chi connectivity index (χ1) is 27.3. The first-order valence-corrected chi connectivity index (χ1v) is 18.5. The van der Waals surface area contributed by atoms with Crippen LogP contribution in [0.2, 0.25) is 0 Å². The Bertz CT molecular complexity index is 1940. The Labute approximate surface area is 328 Å². The largest absolute Gasteiger partial charge is 0.355 e. The van der Waals surface area contributed by atoms with Crippen molar-refractivity contribution in [2.24, 2.45) is 11.7 Å². The molecule has 2 aromatic rings. The molecular weight excluding hydrogens is 740 g/mol. The Kier molecular flexibility index (Phi) is 15.7. The minimum atomic E-state index is -1.38. The molecule has 0 radical (unpaired) electrons. The average molecular weight is 787 g/mol. The zero-order valence-corrected chi connectivity index (χ0v) is 31.7. The number of anilines is 1. The lowest BCUT2D eigenvalue weighted by Crippen LogP contribution is -2.56. The van der Waals surface area contributed by atoms with Crippen LogP contribution in [0.4, 0.5) is 10.5 Å². The maximum atomic E-state index is 13.4. The molecule has 9 amide bonds. The highest BCUT2D eigenvalue weighted by atomic mass is 16.7. The number of primary amides is 1. The Hall–Kier alpha value is -6.77. The van der Waals surface area contributed by atoms with Crippen molar-refractivity contribution in [2.75, 3.05) is 24.5 Å². The Morgan fingerprint density at radius 3 is 2.14 bits per heavy atom. The number of nitrogens with one attached hydrogen (secondary N) is 5. The standard InChI is InChI=1S/C39H46N8O10/c1-3-24(2)36(37(54)44-28(12-8-20-41-39(40)56)38(55)57-47-34(52)18-19-35(47)53)45-32(50)22-43-31(49)21-42-30(48)16-17-33(51)46-23-27-11-5-4-9-25(27)14-15-26-10-6-7-13-29(26)46/h4-7,9-11,13,24,28,36H,3,8,12,16-23H2,1-2H3,(H,42,48)(H,43,49)(H,44,54)(H,45,50)(H3,40,41,56)/t24?,28-,36-/m0/s1. The van der Waals surface area contributed by atoms with E-state index in [0.717, 1.165) is 11.1 Å². The number of urea groups is 1. The van der Waals surface area contributed by atoms with Gasteiger partial charge in [0.1, 0.15) is 12.1 Å². The molecule has 1 unspecified atom stereocenters. The molecule has 0 saturated carbocycles. The number of nitrogens with two attached hydrogens (primary N) is 1. The summed E-state index contributed by atoms with van der Waals surface area (Å²) in [7, 11) is 0. The van der Waals surface area contributed by atoms with Gasteiger partial charge in [0.2, 0.25) is 29.5 Å². The topological polar surface area (TPSA) is 256 Å². The number of fused-ring (bicyclic) bond motifs is 2. The third kappa shape index (κ3) is 12.6. The third-order valence-electron chi connectivity index (χ3n) is 9.20. The molecule has 3 atom stereocenters. The van der Waals surface area contributed by atoms with Crippen LogP contribution in [0.5, 0.6) is 0 Å². The van der Waals surface area contributed by atoms with E-state index >= 15 is 0 Å². The fraction of sp³-hybridized carbons (Fsp3) is 0.410. The normalized spacial score (nSPS) is 14.5. The molecule has 7 N–H and O–H groups in total. The van der Waals surface area contributed by atoms with E-state index in [4.69, 9.17) is 10.6 Å². The number of benzene rings is 2. The van der Waals surface area contributed by atoms with Gasteiger partial charge in [-0.15, -0.1) is 5.06 Å². The maximum absolute atomic E-state index is 13.4. The van der Waals surface area contributed by atoms with Crippen LogP contribution in [-0.2, 0) is 49.7 Å². The molecule has 57 heavy (non-hydrogen) atoms. The molecule has 18 heteroatoms. The van der Waals surface area contributed by atoms with Crippen LogP contribution in [0.25, 0.3) is 0 Å².